The van der Waals surface area contributed by atoms with Crippen molar-refractivity contribution in [3.8, 4) is 11.5 Å². The molecular formula is C17H16N3O7-. The summed E-state index contributed by atoms with van der Waals surface area (Å²) in [5.74, 6) is -2.20. The lowest BCUT2D eigenvalue weighted by atomic mass is 10.2. The molecule has 1 aromatic heterocycles. The van der Waals surface area contributed by atoms with E-state index in [0.717, 1.165) is 0 Å². The number of ether oxygens (including phenoxy) is 2. The van der Waals surface area contributed by atoms with Crippen LogP contribution in [0.15, 0.2) is 46.1 Å². The van der Waals surface area contributed by atoms with Crippen LogP contribution in [-0.2, 0) is 20.9 Å². The summed E-state index contributed by atoms with van der Waals surface area (Å²) < 4.78 is 15.1. The van der Waals surface area contributed by atoms with E-state index < -0.39 is 24.4 Å². The van der Waals surface area contributed by atoms with E-state index in [1.54, 1.807) is 18.2 Å². The number of carbonyl (C=O) groups excluding carboxylic acids is 3. The molecule has 0 saturated carbocycles. The van der Waals surface area contributed by atoms with Gasteiger partial charge in [0.25, 0.3) is 0 Å². The number of furan rings is 1. The molecule has 2 rings (SSSR count). The summed E-state index contributed by atoms with van der Waals surface area (Å²) in [4.78, 5) is 33.7. The van der Waals surface area contributed by atoms with Crippen molar-refractivity contribution in [1.29, 1.82) is 0 Å². The highest BCUT2D eigenvalue weighted by atomic mass is 16.5. The summed E-state index contributed by atoms with van der Waals surface area (Å²) in [6.45, 7) is -0.541. The number of carbonyl (C=O) groups is 3. The summed E-state index contributed by atoms with van der Waals surface area (Å²) in [7, 11) is 1.38. The fourth-order valence-corrected chi connectivity index (χ4v) is 1.90. The van der Waals surface area contributed by atoms with Gasteiger partial charge in [-0.15, -0.1) is 0 Å². The fraction of sp³-hybridized carbons (Fsp3) is 0.176. The Labute approximate surface area is 153 Å². The highest BCUT2D eigenvalue weighted by molar-refractivity contribution is 6.35. The Kier molecular flexibility index (Phi) is 6.94. The molecule has 0 aliphatic carbocycles. The zero-order valence-electron chi connectivity index (χ0n) is 14.3. The van der Waals surface area contributed by atoms with Crippen LogP contribution < -0.4 is 25.3 Å². The molecule has 0 aliphatic heterocycles. The lowest BCUT2D eigenvalue weighted by Gasteiger charge is -2.11. The van der Waals surface area contributed by atoms with Gasteiger partial charge in [-0.25, -0.2) is 5.43 Å². The van der Waals surface area contributed by atoms with E-state index in [2.05, 4.69) is 15.8 Å². The average Bonchev–Trinajstić information content (AvgIpc) is 3.18. The second-order valence-corrected chi connectivity index (χ2v) is 5.03. The van der Waals surface area contributed by atoms with Gasteiger partial charge < -0.3 is 29.1 Å². The molecule has 0 unspecified atom stereocenters. The van der Waals surface area contributed by atoms with Gasteiger partial charge in [-0.3, -0.25) is 9.59 Å². The van der Waals surface area contributed by atoms with Crippen molar-refractivity contribution in [2.45, 2.75) is 6.54 Å². The Morgan fingerprint density at radius 3 is 2.70 bits per heavy atom. The molecule has 27 heavy (non-hydrogen) atoms. The summed E-state index contributed by atoms with van der Waals surface area (Å²) in [5.41, 5.74) is 2.60. The number of hydrogen-bond donors (Lipinski definition) is 2. The maximum atomic E-state index is 11.6. The molecule has 10 nitrogen and oxygen atoms in total. The third kappa shape index (κ3) is 6.20. The van der Waals surface area contributed by atoms with Gasteiger partial charge in [0.05, 0.1) is 32.1 Å². The van der Waals surface area contributed by atoms with Gasteiger partial charge in [0.15, 0.2) is 11.5 Å². The number of hydrazone groups is 1. The molecule has 2 aromatic rings. The summed E-state index contributed by atoms with van der Waals surface area (Å²) in [5, 5.41) is 16.5. The van der Waals surface area contributed by atoms with Crippen LogP contribution >= 0.6 is 0 Å². The van der Waals surface area contributed by atoms with E-state index >= 15 is 0 Å². The first kappa shape index (κ1) is 19.5. The molecule has 1 aromatic carbocycles. The molecule has 2 amide bonds. The van der Waals surface area contributed by atoms with E-state index in [0.29, 0.717) is 11.3 Å². The topological polar surface area (TPSA) is 142 Å². The molecule has 10 heteroatoms. The highest BCUT2D eigenvalue weighted by Gasteiger charge is 2.12. The van der Waals surface area contributed by atoms with Crippen molar-refractivity contribution in [2.24, 2.45) is 5.10 Å². The molecule has 0 spiro atoms. The summed E-state index contributed by atoms with van der Waals surface area (Å²) in [6.07, 6.45) is 2.73. The van der Waals surface area contributed by atoms with Gasteiger partial charge >= 0.3 is 11.8 Å². The number of hydrogen-bond acceptors (Lipinski definition) is 8. The third-order valence-corrected chi connectivity index (χ3v) is 3.12. The predicted octanol–water partition coefficient (Wildman–Crippen LogP) is -0.817. The summed E-state index contributed by atoms with van der Waals surface area (Å²) in [6, 6.07) is 7.86. The SMILES string of the molecule is COc1cc(/C=N\NC(=O)C(=O)NCc2ccco2)ccc1OCC(=O)[O-]. The molecule has 0 bridgehead atoms. The molecular weight excluding hydrogens is 358 g/mol. The number of nitrogens with zero attached hydrogens (tertiary/aromatic N) is 1. The molecule has 0 fully saturated rings. The van der Waals surface area contributed by atoms with Crippen LogP contribution in [0.1, 0.15) is 11.3 Å². The minimum Gasteiger partial charge on any atom is -0.546 e. The van der Waals surface area contributed by atoms with Crippen molar-refractivity contribution in [3.05, 3.63) is 47.9 Å². The number of aliphatic carboxylic acids is 1. The lowest BCUT2D eigenvalue weighted by molar-refractivity contribution is -0.307. The first-order chi connectivity index (χ1) is 13.0. The molecule has 0 radical (unpaired) electrons. The molecule has 0 saturated heterocycles. The Morgan fingerprint density at radius 2 is 2.04 bits per heavy atom. The second kappa shape index (κ2) is 9.61. The van der Waals surface area contributed by atoms with Gasteiger partial charge in [-0.2, -0.15) is 5.10 Å². The average molecular weight is 374 g/mol. The Bertz CT molecular complexity index is 831. The second-order valence-electron chi connectivity index (χ2n) is 5.03. The fourth-order valence-electron chi connectivity index (χ4n) is 1.90. The zero-order chi connectivity index (χ0) is 19.6. The number of benzene rings is 1. The van der Waals surface area contributed by atoms with Gasteiger partial charge in [-0.05, 0) is 35.9 Å². The van der Waals surface area contributed by atoms with Crippen LogP contribution in [0.2, 0.25) is 0 Å². The van der Waals surface area contributed by atoms with E-state index in [9.17, 15) is 19.5 Å². The molecule has 2 N–H and O–H groups in total. The van der Waals surface area contributed by atoms with Crippen molar-refractivity contribution in [1.82, 2.24) is 10.7 Å². The van der Waals surface area contributed by atoms with Crippen molar-refractivity contribution in [3.63, 3.8) is 0 Å². The number of nitrogens with one attached hydrogen (secondary N) is 2. The zero-order valence-corrected chi connectivity index (χ0v) is 14.3. The maximum Gasteiger partial charge on any atom is 0.329 e. The Balaban J connectivity index is 1.87. The van der Waals surface area contributed by atoms with Crippen LogP contribution in [0.3, 0.4) is 0 Å². The molecule has 0 atom stereocenters. The van der Waals surface area contributed by atoms with Gasteiger partial charge in [0.1, 0.15) is 12.4 Å². The first-order valence-electron chi connectivity index (χ1n) is 7.64. The molecule has 1 heterocycles. The minimum absolute atomic E-state index is 0.0769. The van der Waals surface area contributed by atoms with Gasteiger partial charge in [-0.1, -0.05) is 0 Å². The predicted molar refractivity (Wildman–Crippen MR) is 89.8 cm³/mol. The number of carboxylic acids is 1. The van der Waals surface area contributed by atoms with E-state index in [4.69, 9.17) is 13.9 Å². The number of amides is 2. The van der Waals surface area contributed by atoms with Crippen LogP contribution in [0, 0.1) is 0 Å². The standard InChI is InChI=1S/C17H17N3O7/c1-25-14-7-11(4-5-13(14)27-10-15(21)22)8-19-20-17(24)16(23)18-9-12-3-2-6-26-12/h2-8H,9-10H2,1H3,(H,18,23)(H,20,24)(H,21,22)/p-1/b19-8-. The summed E-state index contributed by atoms with van der Waals surface area (Å²) >= 11 is 0. The van der Waals surface area contributed by atoms with Crippen molar-refractivity contribution >= 4 is 24.0 Å². The monoisotopic (exact) mass is 374 g/mol. The largest absolute Gasteiger partial charge is 0.546 e. The lowest BCUT2D eigenvalue weighted by Crippen LogP contribution is -2.37. The van der Waals surface area contributed by atoms with Crippen LogP contribution in [-0.4, -0.2) is 37.7 Å². The Morgan fingerprint density at radius 1 is 1.22 bits per heavy atom. The van der Waals surface area contributed by atoms with Crippen molar-refractivity contribution < 1.29 is 33.4 Å². The third-order valence-electron chi connectivity index (χ3n) is 3.12. The number of methoxy groups -OCH3 is 1. The van der Waals surface area contributed by atoms with E-state index in [-0.39, 0.29) is 18.0 Å². The minimum atomic E-state index is -1.37. The van der Waals surface area contributed by atoms with Crippen LogP contribution in [0.4, 0.5) is 0 Å². The quantitative estimate of drug-likeness (QED) is 0.349. The normalized spacial score (nSPS) is 10.4. The van der Waals surface area contributed by atoms with Gasteiger partial charge in [0, 0.05) is 0 Å². The highest BCUT2D eigenvalue weighted by Crippen LogP contribution is 2.27. The molecule has 142 valence electrons. The first-order valence-corrected chi connectivity index (χ1v) is 7.64. The van der Waals surface area contributed by atoms with E-state index in [1.807, 2.05) is 0 Å². The van der Waals surface area contributed by atoms with Crippen LogP contribution in [0.5, 0.6) is 11.5 Å². The van der Waals surface area contributed by atoms with Gasteiger partial charge in [0.2, 0.25) is 0 Å². The number of rotatable bonds is 8. The smallest absolute Gasteiger partial charge is 0.329 e. The van der Waals surface area contributed by atoms with E-state index in [1.165, 1.54) is 31.7 Å². The number of carboxylic acid groups (broad SMARTS) is 1. The van der Waals surface area contributed by atoms with Crippen molar-refractivity contribution in [2.75, 3.05) is 13.7 Å². The Hall–Kier alpha value is -3.82. The maximum absolute atomic E-state index is 11.6. The molecule has 0 aliphatic rings. The van der Waals surface area contributed by atoms with Crippen LogP contribution in [0.25, 0.3) is 0 Å².